The second-order valence-corrected chi connectivity index (χ2v) is 4.77. The van der Waals surface area contributed by atoms with Gasteiger partial charge in [-0.25, -0.2) is 0 Å². The van der Waals surface area contributed by atoms with Crippen molar-refractivity contribution in [3.63, 3.8) is 0 Å². The van der Waals surface area contributed by atoms with E-state index in [1.54, 1.807) is 0 Å². The Bertz CT molecular complexity index is 166. The monoisotopic (exact) mass is 197 g/mol. The van der Waals surface area contributed by atoms with Crippen LogP contribution in [0.2, 0.25) is 0 Å². The summed E-state index contributed by atoms with van der Waals surface area (Å²) >= 11 is 0. The van der Waals surface area contributed by atoms with Gasteiger partial charge >= 0.3 is 0 Å². The van der Waals surface area contributed by atoms with Gasteiger partial charge in [-0.15, -0.1) is 0 Å². The molecule has 0 aromatic carbocycles. The maximum absolute atomic E-state index is 5.75. The fraction of sp³-hybridized carbons (Fsp3) is 1.00. The average Bonchev–Trinajstić information content (AvgIpc) is 2.30. The molecule has 82 valence electrons. The molecule has 0 saturated carbocycles. The molecule has 2 rings (SSSR count). The number of piperidine rings is 2. The van der Waals surface area contributed by atoms with Crippen LogP contribution in [0.3, 0.4) is 0 Å². The lowest BCUT2D eigenvalue weighted by Crippen LogP contribution is -2.47. The first-order valence-corrected chi connectivity index (χ1v) is 6.04. The SMILES string of the molecule is NCC1CCNC(C2CCNCC2)C1. The standard InChI is InChI=1S/C11H23N3/c12-8-9-1-6-14-11(7-9)10-2-4-13-5-3-10/h9-11,13-14H,1-8,12H2. The molecular formula is C11H23N3. The van der Waals surface area contributed by atoms with Crippen LogP contribution in [0.25, 0.3) is 0 Å². The lowest BCUT2D eigenvalue weighted by Gasteiger charge is -2.37. The molecule has 4 N–H and O–H groups in total. The minimum Gasteiger partial charge on any atom is -0.330 e. The summed E-state index contributed by atoms with van der Waals surface area (Å²) in [7, 11) is 0. The first-order valence-electron chi connectivity index (χ1n) is 6.04. The zero-order valence-corrected chi connectivity index (χ0v) is 8.97. The number of hydrogen-bond acceptors (Lipinski definition) is 3. The van der Waals surface area contributed by atoms with E-state index in [9.17, 15) is 0 Å². The Morgan fingerprint density at radius 3 is 2.57 bits per heavy atom. The molecule has 3 nitrogen and oxygen atoms in total. The Balaban J connectivity index is 1.83. The molecule has 2 aliphatic rings. The molecule has 0 bridgehead atoms. The molecule has 2 saturated heterocycles. The Morgan fingerprint density at radius 2 is 1.86 bits per heavy atom. The van der Waals surface area contributed by atoms with E-state index >= 15 is 0 Å². The van der Waals surface area contributed by atoms with Gasteiger partial charge in [-0.1, -0.05) is 0 Å². The van der Waals surface area contributed by atoms with Crippen LogP contribution < -0.4 is 16.4 Å². The van der Waals surface area contributed by atoms with Crippen molar-refractivity contribution in [3.05, 3.63) is 0 Å². The zero-order valence-electron chi connectivity index (χ0n) is 8.97. The lowest BCUT2D eigenvalue weighted by atomic mass is 9.81. The molecular weight excluding hydrogens is 174 g/mol. The van der Waals surface area contributed by atoms with Crippen LogP contribution in [-0.4, -0.2) is 32.2 Å². The van der Waals surface area contributed by atoms with Gasteiger partial charge in [0.2, 0.25) is 0 Å². The maximum Gasteiger partial charge on any atom is 0.00993 e. The number of hydrogen-bond donors (Lipinski definition) is 3. The summed E-state index contributed by atoms with van der Waals surface area (Å²) in [6, 6.07) is 0.749. The van der Waals surface area contributed by atoms with Gasteiger partial charge < -0.3 is 16.4 Å². The highest BCUT2D eigenvalue weighted by Crippen LogP contribution is 2.25. The van der Waals surface area contributed by atoms with E-state index in [2.05, 4.69) is 10.6 Å². The summed E-state index contributed by atoms with van der Waals surface area (Å²) in [5.74, 6) is 1.67. The molecule has 2 unspecified atom stereocenters. The minimum atomic E-state index is 0.749. The van der Waals surface area contributed by atoms with E-state index in [0.717, 1.165) is 24.4 Å². The molecule has 0 aliphatic carbocycles. The van der Waals surface area contributed by atoms with Crippen LogP contribution >= 0.6 is 0 Å². The van der Waals surface area contributed by atoms with Crippen molar-refractivity contribution in [3.8, 4) is 0 Å². The molecule has 14 heavy (non-hydrogen) atoms. The number of rotatable bonds is 2. The highest BCUT2D eigenvalue weighted by molar-refractivity contribution is 4.86. The van der Waals surface area contributed by atoms with E-state index in [1.165, 1.54) is 45.3 Å². The lowest BCUT2D eigenvalue weighted by molar-refractivity contribution is 0.206. The summed E-state index contributed by atoms with van der Waals surface area (Å²) in [6.07, 6.45) is 5.27. The normalized spacial score (nSPS) is 35.8. The van der Waals surface area contributed by atoms with Gasteiger partial charge in [0.15, 0.2) is 0 Å². The summed E-state index contributed by atoms with van der Waals surface area (Å²) in [5, 5.41) is 7.10. The van der Waals surface area contributed by atoms with E-state index in [4.69, 9.17) is 5.73 Å². The van der Waals surface area contributed by atoms with Crippen molar-refractivity contribution in [2.75, 3.05) is 26.2 Å². The van der Waals surface area contributed by atoms with Gasteiger partial charge in [0.25, 0.3) is 0 Å². The third kappa shape index (κ3) is 2.47. The quantitative estimate of drug-likeness (QED) is 0.597. The van der Waals surface area contributed by atoms with Crippen LogP contribution in [-0.2, 0) is 0 Å². The fourth-order valence-electron chi connectivity index (χ4n) is 2.85. The first kappa shape index (κ1) is 10.4. The molecule has 2 aliphatic heterocycles. The Kier molecular flexibility index (Phi) is 3.79. The molecule has 0 amide bonds. The van der Waals surface area contributed by atoms with Crippen molar-refractivity contribution in [1.29, 1.82) is 0 Å². The zero-order chi connectivity index (χ0) is 9.80. The average molecular weight is 197 g/mol. The largest absolute Gasteiger partial charge is 0.330 e. The molecule has 2 heterocycles. The molecule has 3 heteroatoms. The van der Waals surface area contributed by atoms with Crippen molar-refractivity contribution < 1.29 is 0 Å². The van der Waals surface area contributed by atoms with Crippen molar-refractivity contribution >= 4 is 0 Å². The van der Waals surface area contributed by atoms with Crippen LogP contribution in [0.15, 0.2) is 0 Å². The topological polar surface area (TPSA) is 50.1 Å². The smallest absolute Gasteiger partial charge is 0.00993 e. The highest BCUT2D eigenvalue weighted by Gasteiger charge is 2.28. The summed E-state index contributed by atoms with van der Waals surface area (Å²) in [5.41, 5.74) is 5.75. The number of nitrogens with two attached hydrogens (primary N) is 1. The highest BCUT2D eigenvalue weighted by atomic mass is 15.0. The minimum absolute atomic E-state index is 0.749. The van der Waals surface area contributed by atoms with Gasteiger partial charge in [0, 0.05) is 6.04 Å². The van der Waals surface area contributed by atoms with Gasteiger partial charge in [-0.2, -0.15) is 0 Å². The first-order chi connectivity index (χ1) is 6.90. The van der Waals surface area contributed by atoms with Crippen molar-refractivity contribution in [2.24, 2.45) is 17.6 Å². The van der Waals surface area contributed by atoms with Crippen LogP contribution in [0.5, 0.6) is 0 Å². The van der Waals surface area contributed by atoms with Crippen molar-refractivity contribution in [1.82, 2.24) is 10.6 Å². The molecule has 2 fully saturated rings. The Hall–Kier alpha value is -0.120. The van der Waals surface area contributed by atoms with Crippen LogP contribution in [0.1, 0.15) is 25.7 Å². The van der Waals surface area contributed by atoms with Gasteiger partial charge in [-0.3, -0.25) is 0 Å². The fourth-order valence-corrected chi connectivity index (χ4v) is 2.85. The molecule has 0 radical (unpaired) electrons. The Labute approximate surface area is 86.8 Å². The van der Waals surface area contributed by atoms with E-state index in [0.29, 0.717) is 0 Å². The second-order valence-electron chi connectivity index (χ2n) is 4.77. The number of nitrogens with one attached hydrogen (secondary N) is 2. The Morgan fingerprint density at radius 1 is 1.07 bits per heavy atom. The van der Waals surface area contributed by atoms with Crippen molar-refractivity contribution in [2.45, 2.75) is 31.7 Å². The van der Waals surface area contributed by atoms with Gasteiger partial charge in [-0.05, 0) is 63.7 Å². The molecule has 2 atom stereocenters. The molecule has 0 aromatic heterocycles. The van der Waals surface area contributed by atoms with Crippen LogP contribution in [0, 0.1) is 11.8 Å². The molecule has 0 spiro atoms. The van der Waals surface area contributed by atoms with Gasteiger partial charge in [0.05, 0.1) is 0 Å². The maximum atomic E-state index is 5.75. The summed E-state index contributed by atoms with van der Waals surface area (Å²) in [6.45, 7) is 4.46. The second kappa shape index (κ2) is 5.10. The summed E-state index contributed by atoms with van der Waals surface area (Å²) < 4.78 is 0. The third-order valence-corrected chi connectivity index (χ3v) is 3.83. The van der Waals surface area contributed by atoms with E-state index < -0.39 is 0 Å². The van der Waals surface area contributed by atoms with E-state index in [1.807, 2.05) is 0 Å². The predicted octanol–water partition coefficient (Wildman–Crippen LogP) is 0.313. The predicted molar refractivity (Wildman–Crippen MR) is 59.2 cm³/mol. The van der Waals surface area contributed by atoms with Gasteiger partial charge in [0.1, 0.15) is 0 Å². The third-order valence-electron chi connectivity index (χ3n) is 3.83. The van der Waals surface area contributed by atoms with E-state index in [-0.39, 0.29) is 0 Å². The van der Waals surface area contributed by atoms with Crippen LogP contribution in [0.4, 0.5) is 0 Å². The summed E-state index contributed by atoms with van der Waals surface area (Å²) in [4.78, 5) is 0. The molecule has 0 aromatic rings.